The van der Waals surface area contributed by atoms with Gasteiger partial charge in [0.15, 0.2) is 0 Å². The Labute approximate surface area is 219 Å². The van der Waals surface area contributed by atoms with E-state index < -0.39 is 12.2 Å². The summed E-state index contributed by atoms with van der Waals surface area (Å²) in [5.41, 5.74) is 6.99. The molecular formula is C30H23ClN4O2. The molecule has 0 fully saturated rings. The van der Waals surface area contributed by atoms with Gasteiger partial charge >= 0.3 is 6.03 Å². The van der Waals surface area contributed by atoms with Crippen molar-refractivity contribution in [1.82, 2.24) is 10.6 Å². The molecule has 1 heterocycles. The Morgan fingerprint density at radius 3 is 2.11 bits per heavy atom. The van der Waals surface area contributed by atoms with Crippen LogP contribution in [0.15, 0.2) is 102 Å². The van der Waals surface area contributed by atoms with Gasteiger partial charge in [0.05, 0.1) is 17.4 Å². The number of benzene rings is 4. The zero-order chi connectivity index (χ0) is 25.5. The molecule has 4 aromatic rings. The zero-order valence-corrected chi connectivity index (χ0v) is 20.7. The molecule has 0 saturated heterocycles. The number of carbonyl (C=O) groups excluding carboxylic acids is 2. The lowest BCUT2D eigenvalue weighted by atomic mass is 10.0. The number of hydrogen-bond acceptors (Lipinski definition) is 3. The van der Waals surface area contributed by atoms with Crippen molar-refractivity contribution >= 4 is 34.9 Å². The molecule has 1 aliphatic carbocycles. The standard InChI is InChI=1S/C30H23ClN4O2/c1-35-25-16-15-19(31)17-24(25)26(18-9-3-2-4-10-18)32-28(29(35)36)34-30(37)33-27-22-13-7-5-11-20(22)21-12-6-8-14-23(21)27/h2-17,27-28H,1H3,(H2,33,34,37). The van der Waals surface area contributed by atoms with Gasteiger partial charge in [-0.05, 0) is 40.5 Å². The molecule has 2 N–H and O–H groups in total. The van der Waals surface area contributed by atoms with E-state index in [4.69, 9.17) is 16.6 Å². The number of fused-ring (bicyclic) bond motifs is 4. The Bertz CT molecular complexity index is 1520. The molecule has 0 bridgehead atoms. The van der Waals surface area contributed by atoms with E-state index in [1.165, 1.54) is 4.90 Å². The number of urea groups is 1. The fourth-order valence-electron chi connectivity index (χ4n) is 5.07. The van der Waals surface area contributed by atoms with Crippen molar-refractivity contribution in [2.45, 2.75) is 12.2 Å². The van der Waals surface area contributed by atoms with Crippen molar-refractivity contribution in [1.29, 1.82) is 0 Å². The Morgan fingerprint density at radius 1 is 0.811 bits per heavy atom. The van der Waals surface area contributed by atoms with Crippen molar-refractivity contribution in [3.63, 3.8) is 0 Å². The molecule has 1 aliphatic heterocycles. The molecule has 3 amide bonds. The average molecular weight is 507 g/mol. The summed E-state index contributed by atoms with van der Waals surface area (Å²) in [6.45, 7) is 0. The Morgan fingerprint density at radius 2 is 1.43 bits per heavy atom. The van der Waals surface area contributed by atoms with Crippen molar-refractivity contribution in [3.05, 3.63) is 124 Å². The minimum atomic E-state index is -1.13. The van der Waals surface area contributed by atoms with Gasteiger partial charge in [0.25, 0.3) is 5.91 Å². The first-order valence-corrected chi connectivity index (χ1v) is 12.3. The SMILES string of the molecule is CN1C(=O)C(NC(=O)NC2c3ccccc3-c3ccccc32)N=C(c2ccccc2)c2cc(Cl)ccc21. The molecule has 1 atom stereocenters. The van der Waals surface area contributed by atoms with E-state index in [0.717, 1.165) is 33.4 Å². The van der Waals surface area contributed by atoms with Gasteiger partial charge in [0.2, 0.25) is 6.17 Å². The van der Waals surface area contributed by atoms with Crippen LogP contribution in [-0.4, -0.2) is 30.9 Å². The van der Waals surface area contributed by atoms with Crippen LogP contribution in [0.3, 0.4) is 0 Å². The van der Waals surface area contributed by atoms with Crippen LogP contribution in [0.25, 0.3) is 11.1 Å². The Kier molecular flexibility index (Phi) is 5.74. The molecule has 6 rings (SSSR count). The third kappa shape index (κ3) is 4.05. The quantitative estimate of drug-likeness (QED) is 0.382. The lowest BCUT2D eigenvalue weighted by molar-refractivity contribution is -0.119. The van der Waals surface area contributed by atoms with Crippen molar-refractivity contribution in [2.24, 2.45) is 4.99 Å². The van der Waals surface area contributed by atoms with Gasteiger partial charge in [-0.15, -0.1) is 0 Å². The average Bonchev–Trinajstić information content (AvgIpc) is 3.19. The number of aliphatic imine (C=N–C) groups is 1. The number of amides is 3. The van der Waals surface area contributed by atoms with E-state index in [0.29, 0.717) is 16.4 Å². The molecule has 37 heavy (non-hydrogen) atoms. The normalized spacial score (nSPS) is 16.3. The van der Waals surface area contributed by atoms with Gasteiger partial charge in [0, 0.05) is 23.2 Å². The third-order valence-corrected chi connectivity index (χ3v) is 7.06. The molecule has 2 aliphatic rings. The first kappa shape index (κ1) is 23.0. The zero-order valence-electron chi connectivity index (χ0n) is 20.0. The summed E-state index contributed by atoms with van der Waals surface area (Å²) >= 11 is 6.33. The highest BCUT2D eigenvalue weighted by molar-refractivity contribution is 6.32. The lowest BCUT2D eigenvalue weighted by Gasteiger charge is -2.22. The van der Waals surface area contributed by atoms with E-state index in [1.807, 2.05) is 66.7 Å². The first-order valence-electron chi connectivity index (χ1n) is 12.0. The summed E-state index contributed by atoms with van der Waals surface area (Å²) in [7, 11) is 1.68. The predicted molar refractivity (Wildman–Crippen MR) is 146 cm³/mol. The fraction of sp³-hybridized carbons (Fsp3) is 0.100. The van der Waals surface area contributed by atoms with Crippen molar-refractivity contribution in [3.8, 4) is 11.1 Å². The van der Waals surface area contributed by atoms with Crippen molar-refractivity contribution in [2.75, 3.05) is 11.9 Å². The number of rotatable bonds is 3. The third-order valence-electron chi connectivity index (χ3n) is 6.82. The van der Waals surface area contributed by atoms with Gasteiger partial charge < -0.3 is 15.5 Å². The molecule has 4 aromatic carbocycles. The van der Waals surface area contributed by atoms with Crippen molar-refractivity contribution < 1.29 is 9.59 Å². The first-order chi connectivity index (χ1) is 18.0. The number of carbonyl (C=O) groups is 2. The number of likely N-dealkylation sites (N-methyl/N-ethyl adjacent to an activating group) is 1. The van der Waals surface area contributed by atoms with Gasteiger partial charge in [-0.1, -0.05) is 90.5 Å². The summed E-state index contributed by atoms with van der Waals surface area (Å²) < 4.78 is 0. The highest BCUT2D eigenvalue weighted by Crippen LogP contribution is 2.43. The summed E-state index contributed by atoms with van der Waals surface area (Å²) in [5.74, 6) is -0.350. The van der Waals surface area contributed by atoms with E-state index in [-0.39, 0.29) is 11.9 Å². The summed E-state index contributed by atoms with van der Waals surface area (Å²) in [5, 5.41) is 6.42. The fourth-order valence-corrected chi connectivity index (χ4v) is 5.25. The van der Waals surface area contributed by atoms with Crippen LogP contribution in [0.2, 0.25) is 5.02 Å². The topological polar surface area (TPSA) is 73.8 Å². The molecule has 6 nitrogen and oxygen atoms in total. The molecule has 0 saturated carbocycles. The minimum Gasteiger partial charge on any atom is -0.327 e. The molecule has 0 radical (unpaired) electrons. The van der Waals surface area contributed by atoms with E-state index in [2.05, 4.69) is 22.8 Å². The van der Waals surface area contributed by atoms with Crippen LogP contribution in [0.4, 0.5) is 10.5 Å². The number of anilines is 1. The van der Waals surface area contributed by atoms with Gasteiger partial charge in [-0.25, -0.2) is 9.79 Å². The summed E-state index contributed by atoms with van der Waals surface area (Å²) in [6, 6.07) is 30.1. The van der Waals surface area contributed by atoms with Crippen LogP contribution in [-0.2, 0) is 4.79 Å². The number of hydrogen-bond donors (Lipinski definition) is 2. The Hall–Kier alpha value is -4.42. The summed E-state index contributed by atoms with van der Waals surface area (Å²) in [4.78, 5) is 33.1. The second-order valence-electron chi connectivity index (χ2n) is 9.03. The van der Waals surface area contributed by atoms with Gasteiger partial charge in [-0.3, -0.25) is 4.79 Å². The maximum absolute atomic E-state index is 13.5. The monoisotopic (exact) mass is 506 g/mol. The van der Waals surface area contributed by atoms with Crippen LogP contribution >= 0.6 is 11.6 Å². The smallest absolute Gasteiger partial charge is 0.317 e. The van der Waals surface area contributed by atoms with Crippen LogP contribution in [0, 0.1) is 0 Å². The number of nitrogens with one attached hydrogen (secondary N) is 2. The van der Waals surface area contributed by atoms with Crippen LogP contribution in [0.5, 0.6) is 0 Å². The summed E-state index contributed by atoms with van der Waals surface area (Å²) in [6.07, 6.45) is -1.13. The maximum atomic E-state index is 13.5. The lowest BCUT2D eigenvalue weighted by Crippen LogP contribution is -2.50. The molecule has 1 unspecified atom stereocenters. The van der Waals surface area contributed by atoms with E-state index in [1.54, 1.807) is 25.2 Å². The molecule has 0 spiro atoms. The number of benzodiazepines with no additional fused rings is 1. The maximum Gasteiger partial charge on any atom is 0.317 e. The molecule has 7 heteroatoms. The second kappa shape index (κ2) is 9.22. The number of nitrogens with zero attached hydrogens (tertiary/aromatic N) is 2. The second-order valence-corrected chi connectivity index (χ2v) is 9.47. The van der Waals surface area contributed by atoms with Gasteiger partial charge in [-0.2, -0.15) is 0 Å². The van der Waals surface area contributed by atoms with E-state index in [9.17, 15) is 9.59 Å². The molecule has 0 aromatic heterocycles. The number of halogens is 1. The minimum absolute atomic E-state index is 0.334. The largest absolute Gasteiger partial charge is 0.327 e. The van der Waals surface area contributed by atoms with E-state index >= 15 is 0 Å². The Balaban J connectivity index is 1.35. The highest BCUT2D eigenvalue weighted by atomic mass is 35.5. The highest BCUT2D eigenvalue weighted by Gasteiger charge is 2.33. The van der Waals surface area contributed by atoms with Gasteiger partial charge in [0.1, 0.15) is 0 Å². The van der Waals surface area contributed by atoms with Crippen LogP contribution in [0.1, 0.15) is 28.3 Å². The van der Waals surface area contributed by atoms with Crippen LogP contribution < -0.4 is 15.5 Å². The predicted octanol–water partition coefficient (Wildman–Crippen LogP) is 5.55. The molecule has 182 valence electrons. The molecular weight excluding hydrogens is 484 g/mol.